The number of fused-ring (bicyclic) bond motifs is 1. The normalized spacial score (nSPS) is 17.1. The van der Waals surface area contributed by atoms with Crippen LogP contribution in [0.25, 0.3) is 27.7 Å². The highest BCUT2D eigenvalue weighted by atomic mass is 16.3. The van der Waals surface area contributed by atoms with Crippen molar-refractivity contribution in [1.29, 1.82) is 0 Å². The molecule has 2 saturated heterocycles. The predicted octanol–water partition coefficient (Wildman–Crippen LogP) is 3.74. The maximum atomic E-state index is 13.3. The number of nitrogens with zero attached hydrogens (tertiary/aromatic N) is 3. The number of hydrogen-bond donors (Lipinski definition) is 3. The molecule has 0 radical (unpaired) electrons. The van der Waals surface area contributed by atoms with Crippen molar-refractivity contribution in [3.8, 4) is 16.8 Å². The number of H-pyrrole nitrogens is 1. The molecule has 8 nitrogen and oxygen atoms in total. The van der Waals surface area contributed by atoms with E-state index in [1.807, 2.05) is 36.5 Å². The van der Waals surface area contributed by atoms with Crippen LogP contribution in [-0.4, -0.2) is 45.4 Å². The topological polar surface area (TPSA) is 95.3 Å². The molecule has 0 saturated carbocycles. The lowest BCUT2D eigenvalue weighted by Crippen LogP contribution is -2.48. The molecular weight excluding hydrogens is 490 g/mol. The van der Waals surface area contributed by atoms with Gasteiger partial charge in [0.2, 0.25) is 0 Å². The summed E-state index contributed by atoms with van der Waals surface area (Å²) in [7, 11) is 1.72. The van der Waals surface area contributed by atoms with Gasteiger partial charge in [0.25, 0.3) is 11.1 Å². The van der Waals surface area contributed by atoms with Gasteiger partial charge >= 0.3 is 0 Å². The Hall–Kier alpha value is -3.62. The molecule has 2 aliphatic rings. The van der Waals surface area contributed by atoms with E-state index in [9.17, 15) is 14.7 Å². The Kier molecular flexibility index (Phi) is 6.47. The van der Waals surface area contributed by atoms with Crippen LogP contribution in [0.5, 0.6) is 0 Å². The van der Waals surface area contributed by atoms with Crippen LogP contribution >= 0.6 is 0 Å². The minimum absolute atomic E-state index is 0.116. The number of benzene rings is 1. The van der Waals surface area contributed by atoms with Crippen molar-refractivity contribution < 1.29 is 5.11 Å². The average molecular weight is 528 g/mol. The lowest BCUT2D eigenvalue weighted by atomic mass is 9.84. The molecule has 0 unspecified atom stereocenters. The molecule has 0 amide bonds. The number of hydrogen-bond acceptors (Lipinski definition) is 5. The van der Waals surface area contributed by atoms with Crippen LogP contribution in [0.3, 0.4) is 0 Å². The van der Waals surface area contributed by atoms with Gasteiger partial charge < -0.3 is 24.9 Å². The van der Waals surface area contributed by atoms with Crippen molar-refractivity contribution in [3.63, 3.8) is 0 Å². The smallest absolute Gasteiger partial charge is 0.274 e. The second-order valence-electron chi connectivity index (χ2n) is 11.8. The second kappa shape index (κ2) is 9.84. The molecule has 204 valence electrons. The largest absolute Gasteiger partial charge is 0.386 e. The van der Waals surface area contributed by atoms with Crippen molar-refractivity contribution in [2.45, 2.75) is 38.7 Å². The standard InChI is InChI=1S/C31H37N5O3/c1-31(2,39)22-4-6-27(25(15-22)26-19-34(3)30(38)29-24(26)10-13-33-29)36-18-23(5-7-28(36)37)35-16-21(17-35)14-20-8-11-32-12-9-20/h4-7,10,13,15,18-21,32-33,39H,8-9,11-12,14,16-17H2,1-3H3. The number of nitrogens with one attached hydrogen (secondary N) is 2. The molecule has 8 heteroatoms. The second-order valence-corrected chi connectivity index (χ2v) is 11.8. The van der Waals surface area contributed by atoms with Crippen molar-refractivity contribution in [1.82, 2.24) is 19.4 Å². The van der Waals surface area contributed by atoms with Crippen LogP contribution in [0.2, 0.25) is 0 Å². The zero-order valence-corrected chi connectivity index (χ0v) is 22.9. The van der Waals surface area contributed by atoms with Crippen LogP contribution in [0, 0.1) is 11.8 Å². The van der Waals surface area contributed by atoms with Gasteiger partial charge in [-0.15, -0.1) is 0 Å². The number of aromatic amines is 1. The molecule has 2 aliphatic heterocycles. The molecule has 1 aromatic carbocycles. The molecule has 0 aliphatic carbocycles. The van der Waals surface area contributed by atoms with Gasteiger partial charge in [0.15, 0.2) is 0 Å². The SMILES string of the molecule is Cn1cc(-c2cc(C(C)(C)O)ccc2-n2cc(N3CC(CC4CCNCC4)C3)ccc2=O)c2cc[nH]c2c1=O. The van der Waals surface area contributed by atoms with Crippen LogP contribution < -0.4 is 21.3 Å². The van der Waals surface area contributed by atoms with E-state index in [4.69, 9.17) is 0 Å². The number of aliphatic hydroxyl groups is 1. The van der Waals surface area contributed by atoms with Gasteiger partial charge in [0.1, 0.15) is 5.52 Å². The quantitative estimate of drug-likeness (QED) is 0.355. The first-order valence-corrected chi connectivity index (χ1v) is 13.9. The molecular formula is C31H37N5O3. The third-order valence-electron chi connectivity index (χ3n) is 8.49. The fourth-order valence-electron chi connectivity index (χ4n) is 6.20. The Bertz CT molecular complexity index is 1630. The van der Waals surface area contributed by atoms with Gasteiger partial charge in [0, 0.05) is 61.3 Å². The average Bonchev–Trinajstić information content (AvgIpc) is 3.39. The monoisotopic (exact) mass is 527 g/mol. The first-order valence-electron chi connectivity index (χ1n) is 13.9. The Morgan fingerprint density at radius 2 is 1.74 bits per heavy atom. The first-order chi connectivity index (χ1) is 18.7. The molecule has 0 spiro atoms. The van der Waals surface area contributed by atoms with Crippen molar-refractivity contribution in [2.75, 3.05) is 31.1 Å². The molecule has 5 heterocycles. The number of aryl methyl sites for hydroxylation is 1. The van der Waals surface area contributed by atoms with E-state index in [2.05, 4.69) is 15.2 Å². The highest BCUT2D eigenvalue weighted by Gasteiger charge is 2.30. The van der Waals surface area contributed by atoms with E-state index >= 15 is 0 Å². The molecule has 0 atom stereocenters. The lowest BCUT2D eigenvalue weighted by Gasteiger charge is -2.43. The Labute approximate surface area is 227 Å². The summed E-state index contributed by atoms with van der Waals surface area (Å²) in [6.07, 6.45) is 9.31. The van der Waals surface area contributed by atoms with Crippen LogP contribution in [0.15, 0.2) is 64.6 Å². The van der Waals surface area contributed by atoms with E-state index in [0.29, 0.717) is 17.1 Å². The molecule has 39 heavy (non-hydrogen) atoms. The highest BCUT2D eigenvalue weighted by molar-refractivity contribution is 5.96. The van der Waals surface area contributed by atoms with Gasteiger partial charge in [-0.25, -0.2) is 0 Å². The number of rotatable bonds is 6. The fraction of sp³-hybridized carbons (Fsp3) is 0.419. The summed E-state index contributed by atoms with van der Waals surface area (Å²) >= 11 is 0. The summed E-state index contributed by atoms with van der Waals surface area (Å²) in [5.41, 5.74) is 3.26. The third kappa shape index (κ3) is 4.83. The van der Waals surface area contributed by atoms with Gasteiger partial charge in [-0.05, 0) is 87.9 Å². The summed E-state index contributed by atoms with van der Waals surface area (Å²) in [5.74, 6) is 1.51. The Balaban J connectivity index is 1.39. The lowest BCUT2D eigenvalue weighted by molar-refractivity contribution is 0.0786. The summed E-state index contributed by atoms with van der Waals surface area (Å²) in [6, 6.07) is 11.1. The van der Waals surface area contributed by atoms with Gasteiger partial charge in [-0.1, -0.05) is 6.07 Å². The summed E-state index contributed by atoms with van der Waals surface area (Å²) in [5, 5.41) is 15.0. The Morgan fingerprint density at radius 1 is 0.974 bits per heavy atom. The molecule has 4 aromatic rings. The zero-order chi connectivity index (χ0) is 27.3. The van der Waals surface area contributed by atoms with Crippen molar-refractivity contribution in [2.24, 2.45) is 18.9 Å². The molecule has 3 N–H and O–H groups in total. The highest BCUT2D eigenvalue weighted by Crippen LogP contribution is 2.36. The molecule has 2 fully saturated rings. The van der Waals surface area contributed by atoms with Crippen LogP contribution in [0.1, 0.15) is 38.7 Å². The van der Waals surface area contributed by atoms with Gasteiger partial charge in [-0.2, -0.15) is 0 Å². The Morgan fingerprint density at radius 3 is 2.49 bits per heavy atom. The zero-order valence-electron chi connectivity index (χ0n) is 22.9. The van der Waals surface area contributed by atoms with Gasteiger partial charge in [0.05, 0.1) is 17.0 Å². The van der Waals surface area contributed by atoms with Crippen molar-refractivity contribution in [3.05, 3.63) is 81.3 Å². The van der Waals surface area contributed by atoms with E-state index in [1.165, 1.54) is 19.3 Å². The van der Waals surface area contributed by atoms with Crippen LogP contribution in [0.4, 0.5) is 5.69 Å². The van der Waals surface area contributed by atoms with E-state index in [1.54, 1.807) is 48.5 Å². The number of piperidine rings is 1. The number of anilines is 1. The first kappa shape index (κ1) is 25.6. The predicted molar refractivity (Wildman–Crippen MR) is 156 cm³/mol. The van der Waals surface area contributed by atoms with E-state index in [-0.39, 0.29) is 11.1 Å². The minimum atomic E-state index is -1.07. The summed E-state index contributed by atoms with van der Waals surface area (Å²) in [4.78, 5) is 31.4. The van der Waals surface area contributed by atoms with Crippen LogP contribution in [-0.2, 0) is 12.6 Å². The minimum Gasteiger partial charge on any atom is -0.386 e. The maximum Gasteiger partial charge on any atom is 0.274 e. The number of aromatic nitrogens is 3. The van der Waals surface area contributed by atoms with Gasteiger partial charge in [-0.3, -0.25) is 14.2 Å². The summed E-state index contributed by atoms with van der Waals surface area (Å²) in [6.45, 7) is 7.77. The molecule has 3 aromatic heterocycles. The molecule has 6 rings (SSSR count). The fourth-order valence-corrected chi connectivity index (χ4v) is 6.20. The van der Waals surface area contributed by atoms with E-state index in [0.717, 1.165) is 59.9 Å². The van der Waals surface area contributed by atoms with Crippen molar-refractivity contribution >= 4 is 16.6 Å². The van der Waals surface area contributed by atoms with E-state index < -0.39 is 5.60 Å². The third-order valence-corrected chi connectivity index (χ3v) is 8.49. The molecule has 0 bridgehead atoms. The maximum absolute atomic E-state index is 13.3. The summed E-state index contributed by atoms with van der Waals surface area (Å²) < 4.78 is 3.25. The number of pyridine rings is 2.